The Balaban J connectivity index is 1.73. The number of carbonyl (C=O) groups is 1. The van der Waals surface area contributed by atoms with Gasteiger partial charge in [-0.1, -0.05) is 38.1 Å². The molecule has 1 heterocycles. The lowest BCUT2D eigenvalue weighted by atomic mass is 10.1. The quantitative estimate of drug-likeness (QED) is 0.550. The van der Waals surface area contributed by atoms with Gasteiger partial charge >= 0.3 is 0 Å². The molecule has 2 aromatic carbocycles. The van der Waals surface area contributed by atoms with Gasteiger partial charge in [-0.3, -0.25) is 4.79 Å². The topological polar surface area (TPSA) is 98.3 Å². The van der Waals surface area contributed by atoms with Crippen LogP contribution in [0.5, 0.6) is 0 Å². The Morgan fingerprint density at radius 3 is 2.39 bits per heavy atom. The smallest absolute Gasteiger partial charge is 0.238 e. The molecule has 31 heavy (non-hydrogen) atoms. The molecule has 0 spiro atoms. The third-order valence-corrected chi connectivity index (χ3v) is 6.32. The first-order valence-corrected chi connectivity index (χ1v) is 12.1. The van der Waals surface area contributed by atoms with E-state index >= 15 is 0 Å². The van der Waals surface area contributed by atoms with Gasteiger partial charge < -0.3 is 9.47 Å². The summed E-state index contributed by atoms with van der Waals surface area (Å²) in [5.74, 6) is 0.817. The highest BCUT2D eigenvalue weighted by molar-refractivity contribution is 7.89. The number of imidazole rings is 1. The number of amides is 1. The van der Waals surface area contributed by atoms with Crippen LogP contribution in [0.3, 0.4) is 0 Å². The number of fused-ring (bicyclic) bond motifs is 1. The molecule has 3 rings (SSSR count). The van der Waals surface area contributed by atoms with E-state index in [4.69, 9.17) is 5.14 Å². The van der Waals surface area contributed by atoms with Crippen molar-refractivity contribution < 1.29 is 13.2 Å². The van der Waals surface area contributed by atoms with E-state index in [-0.39, 0.29) is 10.8 Å². The summed E-state index contributed by atoms with van der Waals surface area (Å²) in [6.45, 7) is 5.49. The zero-order valence-electron chi connectivity index (χ0n) is 18.3. The Kier molecular flexibility index (Phi) is 7.12. The van der Waals surface area contributed by atoms with E-state index in [1.54, 1.807) is 11.0 Å². The molecule has 0 saturated carbocycles. The number of benzene rings is 2. The van der Waals surface area contributed by atoms with Crippen molar-refractivity contribution in [3.8, 4) is 0 Å². The fourth-order valence-corrected chi connectivity index (χ4v) is 4.19. The van der Waals surface area contributed by atoms with Gasteiger partial charge in [-0.15, -0.1) is 0 Å². The van der Waals surface area contributed by atoms with Crippen LogP contribution in [0.4, 0.5) is 0 Å². The number of nitrogens with two attached hydrogens (primary N) is 1. The second kappa shape index (κ2) is 9.62. The average molecular weight is 443 g/mol. The van der Waals surface area contributed by atoms with E-state index in [0.717, 1.165) is 36.3 Å². The molecule has 8 heteroatoms. The number of primary sulfonamides is 1. The molecule has 0 bridgehead atoms. The van der Waals surface area contributed by atoms with E-state index in [2.05, 4.69) is 47.7 Å². The highest BCUT2D eigenvalue weighted by Crippen LogP contribution is 2.21. The van der Waals surface area contributed by atoms with Crippen LogP contribution in [0.2, 0.25) is 0 Å². The molecular formula is C23H30N4O3S. The van der Waals surface area contributed by atoms with Crippen molar-refractivity contribution >= 4 is 27.0 Å². The summed E-state index contributed by atoms with van der Waals surface area (Å²) in [6.07, 6.45) is 2.71. The van der Waals surface area contributed by atoms with Crippen LogP contribution in [0.1, 0.15) is 43.6 Å². The van der Waals surface area contributed by atoms with Crippen LogP contribution in [-0.4, -0.2) is 35.8 Å². The molecule has 0 radical (unpaired) electrons. The predicted molar refractivity (Wildman–Crippen MR) is 122 cm³/mol. The molecular weight excluding hydrogens is 412 g/mol. The van der Waals surface area contributed by atoms with Gasteiger partial charge in [0.25, 0.3) is 0 Å². The minimum absolute atomic E-state index is 0.0394. The highest BCUT2D eigenvalue weighted by Gasteiger charge is 2.16. The van der Waals surface area contributed by atoms with Gasteiger partial charge in [0, 0.05) is 33.0 Å². The molecule has 7 nitrogen and oxygen atoms in total. The van der Waals surface area contributed by atoms with Gasteiger partial charge in [0.2, 0.25) is 15.9 Å². The van der Waals surface area contributed by atoms with Crippen LogP contribution in [0.15, 0.2) is 47.4 Å². The highest BCUT2D eigenvalue weighted by atomic mass is 32.2. The van der Waals surface area contributed by atoms with Gasteiger partial charge in [-0.05, 0) is 42.2 Å². The Morgan fingerprint density at radius 1 is 1.10 bits per heavy atom. The first-order valence-electron chi connectivity index (χ1n) is 10.6. The number of aryl methyl sites for hydroxylation is 3. The predicted octanol–water partition coefficient (Wildman–Crippen LogP) is 3.25. The second-order valence-corrected chi connectivity index (χ2v) is 9.36. The molecule has 0 atom stereocenters. The van der Waals surface area contributed by atoms with Crippen LogP contribution >= 0.6 is 0 Å². The van der Waals surface area contributed by atoms with Crippen molar-refractivity contribution in [2.75, 3.05) is 7.05 Å². The lowest BCUT2D eigenvalue weighted by Gasteiger charge is -2.17. The average Bonchev–Trinajstić information content (AvgIpc) is 3.09. The lowest BCUT2D eigenvalue weighted by molar-refractivity contribution is -0.130. The van der Waals surface area contributed by atoms with E-state index in [1.807, 2.05) is 7.05 Å². The summed E-state index contributed by atoms with van der Waals surface area (Å²) >= 11 is 0. The number of sulfonamides is 1. The number of nitrogens with zero attached hydrogens (tertiary/aromatic N) is 3. The summed E-state index contributed by atoms with van der Waals surface area (Å²) in [5.41, 5.74) is 3.80. The van der Waals surface area contributed by atoms with Gasteiger partial charge in [0.15, 0.2) is 0 Å². The van der Waals surface area contributed by atoms with Crippen LogP contribution in [0, 0.1) is 0 Å². The standard InChI is InChI=1S/C23H30N4O3S/c1-4-14-27-21-11-10-19(31(24,29)30)15-20(21)25-22(27)12-13-23(28)26(3)16-18-8-6-17(5-2)7-9-18/h6-11,15H,4-5,12-14,16H2,1-3H3,(H2,24,29,30). The van der Waals surface area contributed by atoms with Crippen molar-refractivity contribution in [2.45, 2.75) is 57.5 Å². The first kappa shape index (κ1) is 23.0. The van der Waals surface area contributed by atoms with Crippen molar-refractivity contribution in [2.24, 2.45) is 5.14 Å². The van der Waals surface area contributed by atoms with Gasteiger partial charge in [0.05, 0.1) is 15.9 Å². The largest absolute Gasteiger partial charge is 0.341 e. The van der Waals surface area contributed by atoms with Gasteiger partial charge in [-0.25, -0.2) is 18.5 Å². The SMILES string of the molecule is CCCn1c(CCC(=O)N(C)Cc2ccc(CC)cc2)nc2cc(S(N)(=O)=O)ccc21. The summed E-state index contributed by atoms with van der Waals surface area (Å²) in [7, 11) is -1.98. The monoisotopic (exact) mass is 442 g/mol. The van der Waals surface area contributed by atoms with Crippen LogP contribution < -0.4 is 5.14 Å². The van der Waals surface area contributed by atoms with Crippen LogP contribution in [-0.2, 0) is 40.7 Å². The maximum absolute atomic E-state index is 12.7. The molecule has 2 N–H and O–H groups in total. The van der Waals surface area contributed by atoms with E-state index in [1.165, 1.54) is 17.7 Å². The van der Waals surface area contributed by atoms with Crippen molar-refractivity contribution in [3.63, 3.8) is 0 Å². The van der Waals surface area contributed by atoms with E-state index in [9.17, 15) is 13.2 Å². The van der Waals surface area contributed by atoms with E-state index < -0.39 is 10.0 Å². The molecule has 0 saturated heterocycles. The fraction of sp³-hybridized carbons (Fsp3) is 0.391. The minimum atomic E-state index is -3.79. The van der Waals surface area contributed by atoms with Gasteiger partial charge in [-0.2, -0.15) is 0 Å². The maximum Gasteiger partial charge on any atom is 0.238 e. The van der Waals surface area contributed by atoms with Crippen molar-refractivity contribution in [1.82, 2.24) is 14.5 Å². The second-order valence-electron chi connectivity index (χ2n) is 7.80. The third-order valence-electron chi connectivity index (χ3n) is 5.41. The summed E-state index contributed by atoms with van der Waals surface area (Å²) in [4.78, 5) is 19.1. The number of rotatable bonds is 9. The van der Waals surface area contributed by atoms with E-state index in [0.29, 0.717) is 24.9 Å². The molecule has 3 aromatic rings. The molecule has 0 aliphatic rings. The number of hydrogen-bond donors (Lipinski definition) is 1. The first-order chi connectivity index (χ1) is 14.7. The molecule has 0 aliphatic heterocycles. The third kappa shape index (κ3) is 5.51. The Labute approximate surface area is 183 Å². The molecule has 0 fully saturated rings. The zero-order chi connectivity index (χ0) is 22.6. The molecule has 1 aromatic heterocycles. The van der Waals surface area contributed by atoms with Gasteiger partial charge in [0.1, 0.15) is 5.82 Å². The molecule has 0 aliphatic carbocycles. The number of aromatic nitrogens is 2. The molecule has 0 unspecified atom stereocenters. The summed E-state index contributed by atoms with van der Waals surface area (Å²) < 4.78 is 25.4. The van der Waals surface area contributed by atoms with Crippen LogP contribution in [0.25, 0.3) is 11.0 Å². The fourth-order valence-electron chi connectivity index (χ4n) is 3.65. The normalized spacial score (nSPS) is 11.7. The zero-order valence-corrected chi connectivity index (χ0v) is 19.2. The van der Waals surface area contributed by atoms with Crippen molar-refractivity contribution in [3.05, 3.63) is 59.4 Å². The Hall–Kier alpha value is -2.71. The molecule has 1 amide bonds. The number of carbonyl (C=O) groups excluding carboxylic acids is 1. The molecule has 166 valence electrons. The lowest BCUT2D eigenvalue weighted by Crippen LogP contribution is -2.26. The maximum atomic E-state index is 12.7. The summed E-state index contributed by atoms with van der Waals surface area (Å²) in [6, 6.07) is 13.0. The Morgan fingerprint density at radius 2 is 1.77 bits per heavy atom. The summed E-state index contributed by atoms with van der Waals surface area (Å²) in [5, 5.41) is 5.25. The van der Waals surface area contributed by atoms with Crippen molar-refractivity contribution in [1.29, 1.82) is 0 Å². The number of hydrogen-bond acceptors (Lipinski definition) is 4. The Bertz CT molecular complexity index is 1170. The minimum Gasteiger partial charge on any atom is -0.341 e.